The average Bonchev–Trinajstić information content (AvgIpc) is 2.93. The van der Waals surface area contributed by atoms with E-state index in [1.165, 1.54) is 24.3 Å². The van der Waals surface area contributed by atoms with Crippen LogP contribution in [0.2, 0.25) is 5.15 Å². The molecular weight excluding hydrogens is 329 g/mol. The molecule has 0 atom stereocenters. The largest absolute Gasteiger partial charge is 0.343 e. The van der Waals surface area contributed by atoms with Gasteiger partial charge in [-0.05, 0) is 44.4 Å². The van der Waals surface area contributed by atoms with Crippen molar-refractivity contribution in [3.63, 3.8) is 0 Å². The number of nitrogens with zero attached hydrogens (tertiary/aromatic N) is 3. The van der Waals surface area contributed by atoms with Crippen molar-refractivity contribution in [2.75, 3.05) is 20.6 Å². The number of aromatic nitrogens is 2. The SMILES string of the molecule is CN(C)CCn1cc(C(=O)c2ccc(F)cc2)c2ccnc(Cl)c21. The van der Waals surface area contributed by atoms with Gasteiger partial charge in [0.25, 0.3) is 0 Å². The predicted molar refractivity (Wildman–Crippen MR) is 93.1 cm³/mol. The van der Waals surface area contributed by atoms with Gasteiger partial charge in [0.15, 0.2) is 10.9 Å². The summed E-state index contributed by atoms with van der Waals surface area (Å²) in [6.07, 6.45) is 3.38. The minimum atomic E-state index is -0.368. The van der Waals surface area contributed by atoms with E-state index in [9.17, 15) is 9.18 Å². The van der Waals surface area contributed by atoms with Crippen molar-refractivity contribution in [3.8, 4) is 0 Å². The second kappa shape index (κ2) is 6.71. The van der Waals surface area contributed by atoms with Crippen LogP contribution in [0.1, 0.15) is 15.9 Å². The molecule has 3 aromatic rings. The first-order valence-corrected chi connectivity index (χ1v) is 7.93. The summed E-state index contributed by atoms with van der Waals surface area (Å²) in [6.45, 7) is 1.49. The third kappa shape index (κ3) is 3.18. The first-order valence-electron chi connectivity index (χ1n) is 7.55. The Morgan fingerprint density at radius 2 is 1.96 bits per heavy atom. The molecule has 0 aliphatic carbocycles. The van der Waals surface area contributed by atoms with Gasteiger partial charge in [-0.3, -0.25) is 4.79 Å². The van der Waals surface area contributed by atoms with Crippen LogP contribution in [0.3, 0.4) is 0 Å². The Morgan fingerprint density at radius 1 is 1.25 bits per heavy atom. The van der Waals surface area contributed by atoms with Crippen LogP contribution in [0.5, 0.6) is 0 Å². The molecule has 24 heavy (non-hydrogen) atoms. The number of hydrogen-bond donors (Lipinski definition) is 0. The topological polar surface area (TPSA) is 38.1 Å². The zero-order valence-electron chi connectivity index (χ0n) is 13.5. The Kier molecular flexibility index (Phi) is 4.64. The van der Waals surface area contributed by atoms with E-state index in [2.05, 4.69) is 9.88 Å². The Labute approximate surface area is 144 Å². The summed E-state index contributed by atoms with van der Waals surface area (Å²) < 4.78 is 15.0. The van der Waals surface area contributed by atoms with E-state index in [0.717, 1.165) is 17.4 Å². The number of hydrogen-bond acceptors (Lipinski definition) is 3. The quantitative estimate of drug-likeness (QED) is 0.523. The van der Waals surface area contributed by atoms with Crippen molar-refractivity contribution < 1.29 is 9.18 Å². The molecule has 0 unspecified atom stereocenters. The minimum Gasteiger partial charge on any atom is -0.343 e. The van der Waals surface area contributed by atoms with Crippen LogP contribution in [0.25, 0.3) is 10.9 Å². The number of rotatable bonds is 5. The van der Waals surface area contributed by atoms with Crippen molar-refractivity contribution in [2.45, 2.75) is 6.54 Å². The van der Waals surface area contributed by atoms with Crippen molar-refractivity contribution >= 4 is 28.3 Å². The molecule has 0 aliphatic heterocycles. The monoisotopic (exact) mass is 345 g/mol. The van der Waals surface area contributed by atoms with Gasteiger partial charge in [-0.25, -0.2) is 9.37 Å². The van der Waals surface area contributed by atoms with E-state index in [4.69, 9.17) is 11.6 Å². The fraction of sp³-hybridized carbons (Fsp3) is 0.222. The molecule has 0 bridgehead atoms. The minimum absolute atomic E-state index is 0.161. The van der Waals surface area contributed by atoms with E-state index in [0.29, 0.717) is 22.8 Å². The first kappa shape index (κ1) is 16.6. The first-order chi connectivity index (χ1) is 11.5. The molecule has 3 rings (SSSR count). The third-order valence-electron chi connectivity index (χ3n) is 3.88. The summed E-state index contributed by atoms with van der Waals surface area (Å²) in [7, 11) is 3.96. The predicted octanol–water partition coefficient (Wildman–Crippen LogP) is 3.62. The van der Waals surface area contributed by atoms with Gasteiger partial charge in [0.1, 0.15) is 5.82 Å². The molecule has 4 nitrogen and oxygen atoms in total. The number of carbonyl (C=O) groups excluding carboxylic acids is 1. The summed E-state index contributed by atoms with van der Waals surface area (Å²) in [5.74, 6) is -0.530. The summed E-state index contributed by atoms with van der Waals surface area (Å²) in [5.41, 5.74) is 1.72. The van der Waals surface area contributed by atoms with Crippen LogP contribution in [-0.4, -0.2) is 40.9 Å². The number of fused-ring (bicyclic) bond motifs is 1. The van der Waals surface area contributed by atoms with Gasteiger partial charge in [-0.2, -0.15) is 0 Å². The average molecular weight is 346 g/mol. The zero-order valence-corrected chi connectivity index (χ0v) is 14.2. The second-order valence-corrected chi connectivity index (χ2v) is 6.23. The van der Waals surface area contributed by atoms with Crippen LogP contribution >= 0.6 is 11.6 Å². The standard InChI is InChI=1S/C18H17ClFN3O/c1-22(2)9-10-23-11-15(14-7-8-21-18(19)16(14)23)17(24)12-3-5-13(20)6-4-12/h3-8,11H,9-10H2,1-2H3. The van der Waals surface area contributed by atoms with E-state index >= 15 is 0 Å². The van der Waals surface area contributed by atoms with Crippen LogP contribution in [-0.2, 0) is 6.54 Å². The normalized spacial score (nSPS) is 11.4. The number of likely N-dealkylation sites (N-methyl/N-ethyl adjacent to an activating group) is 1. The zero-order chi connectivity index (χ0) is 17.3. The Balaban J connectivity index is 2.09. The molecule has 6 heteroatoms. The lowest BCUT2D eigenvalue weighted by Crippen LogP contribution is -2.18. The third-order valence-corrected chi connectivity index (χ3v) is 4.16. The van der Waals surface area contributed by atoms with Crippen LogP contribution < -0.4 is 0 Å². The molecule has 0 amide bonds. The number of halogens is 2. The Morgan fingerprint density at radius 3 is 2.62 bits per heavy atom. The summed E-state index contributed by atoms with van der Waals surface area (Å²) >= 11 is 6.26. The maximum atomic E-state index is 13.1. The lowest BCUT2D eigenvalue weighted by molar-refractivity contribution is 0.104. The summed E-state index contributed by atoms with van der Waals surface area (Å²) in [4.78, 5) is 19.0. The molecule has 2 aromatic heterocycles. The highest BCUT2D eigenvalue weighted by Gasteiger charge is 2.19. The highest BCUT2D eigenvalue weighted by atomic mass is 35.5. The molecule has 0 fully saturated rings. The van der Waals surface area contributed by atoms with Crippen LogP contribution in [0.4, 0.5) is 4.39 Å². The highest BCUT2D eigenvalue weighted by Crippen LogP contribution is 2.28. The van der Waals surface area contributed by atoms with Gasteiger partial charge in [-0.1, -0.05) is 11.6 Å². The maximum absolute atomic E-state index is 13.1. The molecule has 2 heterocycles. The summed E-state index contributed by atoms with van der Waals surface area (Å²) in [6, 6.07) is 7.33. The van der Waals surface area contributed by atoms with E-state index in [1.54, 1.807) is 18.5 Å². The van der Waals surface area contributed by atoms with Crippen LogP contribution in [0, 0.1) is 5.82 Å². The maximum Gasteiger partial charge on any atom is 0.195 e. The Hall–Kier alpha value is -2.24. The van der Waals surface area contributed by atoms with E-state index in [-0.39, 0.29) is 11.6 Å². The van der Waals surface area contributed by atoms with Crippen molar-refractivity contribution in [1.29, 1.82) is 0 Å². The van der Waals surface area contributed by atoms with Gasteiger partial charge in [-0.15, -0.1) is 0 Å². The molecule has 0 saturated carbocycles. The number of carbonyl (C=O) groups is 1. The van der Waals surface area contributed by atoms with Crippen molar-refractivity contribution in [1.82, 2.24) is 14.5 Å². The van der Waals surface area contributed by atoms with Gasteiger partial charge < -0.3 is 9.47 Å². The number of benzene rings is 1. The second-order valence-electron chi connectivity index (χ2n) is 5.87. The van der Waals surface area contributed by atoms with Crippen LogP contribution in [0.15, 0.2) is 42.7 Å². The molecule has 0 aliphatic rings. The fourth-order valence-corrected chi connectivity index (χ4v) is 2.90. The smallest absolute Gasteiger partial charge is 0.195 e. The molecule has 0 N–H and O–H groups in total. The Bertz CT molecular complexity index is 887. The number of ketones is 1. The highest BCUT2D eigenvalue weighted by molar-refractivity contribution is 6.34. The lowest BCUT2D eigenvalue weighted by atomic mass is 10.0. The van der Waals surface area contributed by atoms with Gasteiger partial charge in [0.2, 0.25) is 0 Å². The van der Waals surface area contributed by atoms with Gasteiger partial charge >= 0.3 is 0 Å². The summed E-state index contributed by atoms with van der Waals surface area (Å²) in [5, 5.41) is 1.12. The molecular formula is C18H17ClFN3O. The van der Waals surface area contributed by atoms with Crippen molar-refractivity contribution in [2.24, 2.45) is 0 Å². The molecule has 0 saturated heterocycles. The fourth-order valence-electron chi connectivity index (χ4n) is 2.63. The van der Waals surface area contributed by atoms with Gasteiger partial charge in [0.05, 0.1) is 5.52 Å². The van der Waals surface area contributed by atoms with E-state index < -0.39 is 0 Å². The molecule has 0 radical (unpaired) electrons. The van der Waals surface area contributed by atoms with Gasteiger partial charge in [0, 0.05) is 42.0 Å². The van der Waals surface area contributed by atoms with E-state index in [1.807, 2.05) is 18.7 Å². The molecule has 124 valence electrons. The molecule has 1 aromatic carbocycles. The number of pyridine rings is 1. The van der Waals surface area contributed by atoms with Crippen molar-refractivity contribution in [3.05, 3.63) is 64.8 Å². The molecule has 0 spiro atoms. The lowest BCUT2D eigenvalue weighted by Gasteiger charge is -2.11.